The van der Waals surface area contributed by atoms with E-state index in [-0.39, 0.29) is 6.29 Å². The fourth-order valence-electron chi connectivity index (χ4n) is 3.14. The van der Waals surface area contributed by atoms with E-state index < -0.39 is 0 Å². The van der Waals surface area contributed by atoms with Gasteiger partial charge in [0, 0.05) is 12.8 Å². The molecule has 0 saturated carbocycles. The summed E-state index contributed by atoms with van der Waals surface area (Å²) in [5, 5.41) is 8.93. The van der Waals surface area contributed by atoms with Gasteiger partial charge in [0.2, 0.25) is 0 Å². The Morgan fingerprint density at radius 1 is 0.724 bits per heavy atom. The summed E-state index contributed by atoms with van der Waals surface area (Å²) in [6, 6.07) is 19.4. The predicted octanol–water partition coefficient (Wildman–Crippen LogP) is 6.74. The Bertz CT molecular complexity index is 660. The van der Waals surface area contributed by atoms with Gasteiger partial charge in [-0.15, -0.1) is 0 Å². The highest BCUT2D eigenvalue weighted by atomic mass is 16.7. The van der Waals surface area contributed by atoms with Gasteiger partial charge in [0.15, 0.2) is 6.29 Å². The minimum atomic E-state index is -0.366. The number of nitrogens with zero attached hydrogens (tertiary/aromatic N) is 1. The van der Waals surface area contributed by atoms with Gasteiger partial charge in [0.05, 0.1) is 19.3 Å². The van der Waals surface area contributed by atoms with Gasteiger partial charge in [0.1, 0.15) is 0 Å². The maximum absolute atomic E-state index is 8.93. The highest BCUT2D eigenvalue weighted by Crippen LogP contribution is 2.15. The van der Waals surface area contributed by atoms with E-state index in [9.17, 15) is 0 Å². The topological polar surface area (TPSA) is 42.2 Å². The van der Waals surface area contributed by atoms with E-state index in [0.717, 1.165) is 24.0 Å². The second-order valence-electron chi connectivity index (χ2n) is 7.59. The molecule has 0 bridgehead atoms. The Kier molecular flexibility index (Phi) is 11.1. The molecular formula is C26H35NO2. The van der Waals surface area contributed by atoms with E-state index in [1.54, 1.807) is 0 Å². The largest absolute Gasteiger partial charge is 0.348 e. The van der Waals surface area contributed by atoms with Crippen molar-refractivity contribution in [2.24, 2.45) is 0 Å². The molecule has 29 heavy (non-hydrogen) atoms. The lowest BCUT2D eigenvalue weighted by atomic mass is 10.1. The first kappa shape index (κ1) is 23.1. The van der Waals surface area contributed by atoms with Crippen molar-refractivity contribution in [2.45, 2.75) is 84.7 Å². The monoisotopic (exact) mass is 393 g/mol. The van der Waals surface area contributed by atoms with Crippen LogP contribution in [0.15, 0.2) is 48.5 Å². The van der Waals surface area contributed by atoms with Gasteiger partial charge >= 0.3 is 0 Å². The number of aryl methyl sites for hydroxylation is 2. The Morgan fingerprint density at radius 2 is 1.14 bits per heavy atom. The van der Waals surface area contributed by atoms with Gasteiger partial charge in [-0.25, -0.2) is 0 Å². The number of hydrogen-bond donors (Lipinski definition) is 0. The zero-order chi connectivity index (χ0) is 20.7. The average molecular weight is 394 g/mol. The van der Waals surface area contributed by atoms with Gasteiger partial charge < -0.3 is 9.47 Å². The molecule has 0 spiro atoms. The van der Waals surface area contributed by atoms with Crippen molar-refractivity contribution in [1.29, 1.82) is 5.26 Å². The first-order valence-corrected chi connectivity index (χ1v) is 11.0. The maximum atomic E-state index is 8.93. The SMILES string of the molecule is CCCCc1ccc(COC(CCC#N)OCc2ccc(CCCC)cc2)cc1. The lowest BCUT2D eigenvalue weighted by Gasteiger charge is -2.18. The summed E-state index contributed by atoms with van der Waals surface area (Å²) < 4.78 is 12.0. The van der Waals surface area contributed by atoms with Gasteiger partial charge in [0.25, 0.3) is 0 Å². The van der Waals surface area contributed by atoms with Crippen molar-refractivity contribution in [1.82, 2.24) is 0 Å². The third-order valence-corrected chi connectivity index (χ3v) is 5.05. The molecule has 0 N–H and O–H groups in total. The molecule has 0 saturated heterocycles. The zero-order valence-corrected chi connectivity index (χ0v) is 18.0. The van der Waals surface area contributed by atoms with Crippen LogP contribution >= 0.6 is 0 Å². The molecule has 3 nitrogen and oxygen atoms in total. The van der Waals surface area contributed by atoms with E-state index in [4.69, 9.17) is 14.7 Å². The molecule has 2 rings (SSSR count). The summed E-state index contributed by atoms with van der Waals surface area (Å²) in [7, 11) is 0. The first-order chi connectivity index (χ1) is 14.2. The molecule has 2 aromatic carbocycles. The maximum Gasteiger partial charge on any atom is 0.159 e. The molecule has 0 aliphatic carbocycles. The van der Waals surface area contributed by atoms with E-state index in [0.29, 0.717) is 26.1 Å². The molecule has 0 heterocycles. The predicted molar refractivity (Wildman–Crippen MR) is 118 cm³/mol. The number of nitriles is 1. The summed E-state index contributed by atoms with van der Waals surface area (Å²) in [6.45, 7) is 5.43. The van der Waals surface area contributed by atoms with E-state index in [2.05, 4.69) is 68.4 Å². The van der Waals surface area contributed by atoms with Crippen molar-refractivity contribution in [3.05, 3.63) is 70.8 Å². The Morgan fingerprint density at radius 3 is 1.52 bits per heavy atom. The fourth-order valence-corrected chi connectivity index (χ4v) is 3.14. The van der Waals surface area contributed by atoms with Gasteiger partial charge in [-0.3, -0.25) is 0 Å². The minimum absolute atomic E-state index is 0.366. The Balaban J connectivity index is 1.83. The van der Waals surface area contributed by atoms with E-state index in [1.165, 1.54) is 36.8 Å². The van der Waals surface area contributed by atoms with Crippen LogP contribution in [-0.2, 0) is 35.5 Å². The van der Waals surface area contributed by atoms with Gasteiger partial charge in [-0.05, 0) is 47.9 Å². The quantitative estimate of drug-likeness (QED) is 0.334. The van der Waals surface area contributed by atoms with Crippen LogP contribution in [0.2, 0.25) is 0 Å². The fraction of sp³-hybridized carbons (Fsp3) is 0.500. The molecule has 0 radical (unpaired) electrons. The molecule has 2 aromatic rings. The van der Waals surface area contributed by atoms with Crippen LogP contribution in [0.1, 0.15) is 74.6 Å². The van der Waals surface area contributed by atoms with Crippen molar-refractivity contribution in [3.63, 3.8) is 0 Å². The zero-order valence-electron chi connectivity index (χ0n) is 18.0. The van der Waals surface area contributed by atoms with Crippen LogP contribution in [0.4, 0.5) is 0 Å². The van der Waals surface area contributed by atoms with Gasteiger partial charge in [-0.1, -0.05) is 75.2 Å². The molecule has 0 aliphatic heterocycles. The summed E-state index contributed by atoms with van der Waals surface area (Å²) in [5.41, 5.74) is 5.01. The van der Waals surface area contributed by atoms with Crippen LogP contribution < -0.4 is 0 Å². The summed E-state index contributed by atoms with van der Waals surface area (Å²) in [5.74, 6) is 0. The molecule has 0 aliphatic rings. The third kappa shape index (κ3) is 9.26. The molecule has 0 amide bonds. The summed E-state index contributed by atoms with van der Waals surface area (Å²) >= 11 is 0. The van der Waals surface area contributed by atoms with Gasteiger partial charge in [-0.2, -0.15) is 5.26 Å². The summed E-state index contributed by atoms with van der Waals surface area (Å²) in [6.07, 6.45) is 7.77. The standard InChI is InChI=1S/C26H35NO2/c1-3-5-8-22-11-15-24(16-12-22)20-28-26(10-7-19-27)29-21-25-17-13-23(14-18-25)9-6-4-2/h11-18,26H,3-10,20-21H2,1-2H3. The first-order valence-electron chi connectivity index (χ1n) is 11.0. The second kappa shape index (κ2) is 13.9. The van der Waals surface area contributed by atoms with Crippen LogP contribution in [0.25, 0.3) is 0 Å². The number of hydrogen-bond acceptors (Lipinski definition) is 3. The molecule has 156 valence electrons. The molecule has 0 atom stereocenters. The Labute approximate surface area is 176 Å². The number of benzene rings is 2. The Hall–Kier alpha value is -2.15. The minimum Gasteiger partial charge on any atom is -0.348 e. The van der Waals surface area contributed by atoms with Crippen molar-refractivity contribution >= 4 is 0 Å². The van der Waals surface area contributed by atoms with Crippen LogP contribution in [-0.4, -0.2) is 6.29 Å². The number of ether oxygens (including phenoxy) is 2. The lowest BCUT2D eigenvalue weighted by Crippen LogP contribution is -2.17. The average Bonchev–Trinajstić information content (AvgIpc) is 2.77. The van der Waals surface area contributed by atoms with Crippen molar-refractivity contribution in [3.8, 4) is 6.07 Å². The van der Waals surface area contributed by atoms with Crippen molar-refractivity contribution in [2.75, 3.05) is 0 Å². The smallest absolute Gasteiger partial charge is 0.159 e. The number of rotatable bonds is 14. The van der Waals surface area contributed by atoms with Crippen LogP contribution in [0.5, 0.6) is 0 Å². The highest BCUT2D eigenvalue weighted by Gasteiger charge is 2.10. The number of unbranched alkanes of at least 4 members (excludes halogenated alkanes) is 2. The summed E-state index contributed by atoms with van der Waals surface area (Å²) in [4.78, 5) is 0. The van der Waals surface area contributed by atoms with E-state index in [1.807, 2.05) is 0 Å². The molecule has 0 unspecified atom stereocenters. The highest BCUT2D eigenvalue weighted by molar-refractivity contribution is 5.23. The normalized spacial score (nSPS) is 11.0. The second-order valence-corrected chi connectivity index (χ2v) is 7.59. The van der Waals surface area contributed by atoms with Crippen LogP contribution in [0, 0.1) is 11.3 Å². The molecule has 0 fully saturated rings. The third-order valence-electron chi connectivity index (χ3n) is 5.05. The van der Waals surface area contributed by atoms with Crippen LogP contribution in [0.3, 0.4) is 0 Å². The molecule has 0 aromatic heterocycles. The van der Waals surface area contributed by atoms with Crippen molar-refractivity contribution < 1.29 is 9.47 Å². The van der Waals surface area contributed by atoms with E-state index >= 15 is 0 Å². The molecule has 3 heteroatoms. The lowest BCUT2D eigenvalue weighted by molar-refractivity contribution is -0.159. The molecular weight excluding hydrogens is 358 g/mol.